The zero-order valence-electron chi connectivity index (χ0n) is 7.22. The van der Waals surface area contributed by atoms with Crippen molar-refractivity contribution in [2.75, 3.05) is 13.6 Å². The summed E-state index contributed by atoms with van der Waals surface area (Å²) in [6, 6.07) is 0. The number of carbonyl (C=O) groups is 1. The highest BCUT2D eigenvalue weighted by atomic mass is 32.1. The molecule has 0 aliphatic heterocycles. The summed E-state index contributed by atoms with van der Waals surface area (Å²) in [7, 11) is 1.58. The second kappa shape index (κ2) is 4.78. The number of H-pyrrole nitrogens is 1. The van der Waals surface area contributed by atoms with Crippen LogP contribution in [-0.4, -0.2) is 24.5 Å². The van der Waals surface area contributed by atoms with Crippen LogP contribution in [0.1, 0.15) is 5.69 Å². The molecule has 1 aromatic rings. The minimum absolute atomic E-state index is 0.0717. The number of rotatable bonds is 4. The number of likely N-dealkylation sites (N-methyl/N-ethyl adjacent to an activating group) is 1. The molecule has 0 aliphatic rings. The van der Waals surface area contributed by atoms with E-state index in [9.17, 15) is 9.59 Å². The molecule has 5 nitrogen and oxygen atoms in total. The van der Waals surface area contributed by atoms with Gasteiger partial charge in [0, 0.05) is 24.7 Å². The van der Waals surface area contributed by atoms with Crippen molar-refractivity contribution in [3.63, 3.8) is 0 Å². The Labute approximate surface area is 79.2 Å². The predicted octanol–water partition coefficient (Wildman–Crippen LogP) is -0.728. The number of nitrogens with one attached hydrogen (secondary N) is 3. The molecular formula is C7H11N3O2S. The van der Waals surface area contributed by atoms with Gasteiger partial charge in [-0.25, -0.2) is 0 Å². The van der Waals surface area contributed by atoms with E-state index in [2.05, 4.69) is 15.6 Å². The molecule has 72 valence electrons. The average Bonchev–Trinajstić information content (AvgIpc) is 2.51. The highest BCUT2D eigenvalue weighted by Crippen LogP contribution is 1.93. The maximum atomic E-state index is 10.8. The first kappa shape index (κ1) is 9.94. The van der Waals surface area contributed by atoms with Crippen LogP contribution >= 0.6 is 11.3 Å². The van der Waals surface area contributed by atoms with Crippen molar-refractivity contribution in [1.82, 2.24) is 15.6 Å². The normalized spacial score (nSPS) is 9.92. The quantitative estimate of drug-likeness (QED) is 0.601. The predicted molar refractivity (Wildman–Crippen MR) is 50.7 cm³/mol. The third-order valence-electron chi connectivity index (χ3n) is 1.45. The summed E-state index contributed by atoms with van der Waals surface area (Å²) in [5, 5.41) is 7.11. The summed E-state index contributed by atoms with van der Waals surface area (Å²) in [6.45, 7) is 0.764. The van der Waals surface area contributed by atoms with E-state index in [1.807, 2.05) is 0 Å². The van der Waals surface area contributed by atoms with Crippen LogP contribution in [0.5, 0.6) is 0 Å². The van der Waals surface area contributed by atoms with E-state index in [4.69, 9.17) is 0 Å². The van der Waals surface area contributed by atoms with Gasteiger partial charge in [0.1, 0.15) is 0 Å². The Morgan fingerprint density at radius 2 is 2.46 bits per heavy atom. The van der Waals surface area contributed by atoms with Crippen molar-refractivity contribution in [3.8, 4) is 0 Å². The van der Waals surface area contributed by atoms with Gasteiger partial charge in [-0.15, -0.1) is 0 Å². The van der Waals surface area contributed by atoms with Gasteiger partial charge in [-0.1, -0.05) is 11.3 Å². The lowest BCUT2D eigenvalue weighted by molar-refractivity contribution is -0.119. The van der Waals surface area contributed by atoms with Gasteiger partial charge in [0.15, 0.2) is 0 Å². The summed E-state index contributed by atoms with van der Waals surface area (Å²) in [5.74, 6) is -0.0717. The summed E-state index contributed by atoms with van der Waals surface area (Å²) in [5.41, 5.74) is 0.805. The van der Waals surface area contributed by atoms with Gasteiger partial charge in [0.05, 0.1) is 6.54 Å². The van der Waals surface area contributed by atoms with Crippen molar-refractivity contribution in [2.24, 2.45) is 0 Å². The molecule has 0 radical (unpaired) electrons. The fourth-order valence-corrected chi connectivity index (χ4v) is 1.38. The molecule has 0 atom stereocenters. The lowest BCUT2D eigenvalue weighted by atomic mass is 10.4. The first-order valence-corrected chi connectivity index (χ1v) is 4.68. The third kappa shape index (κ3) is 3.39. The molecule has 3 N–H and O–H groups in total. The molecule has 1 rings (SSSR count). The molecule has 0 saturated heterocycles. The zero-order valence-corrected chi connectivity index (χ0v) is 8.03. The number of amides is 1. The molecule has 0 saturated carbocycles. The minimum Gasteiger partial charge on any atom is -0.358 e. The zero-order chi connectivity index (χ0) is 9.68. The van der Waals surface area contributed by atoms with Crippen LogP contribution in [0.25, 0.3) is 0 Å². The lowest BCUT2D eigenvalue weighted by Gasteiger charge is -2.00. The van der Waals surface area contributed by atoms with Crippen LogP contribution in [0.4, 0.5) is 0 Å². The van der Waals surface area contributed by atoms with Gasteiger partial charge in [-0.3, -0.25) is 9.59 Å². The van der Waals surface area contributed by atoms with Crippen LogP contribution in [0.3, 0.4) is 0 Å². The van der Waals surface area contributed by atoms with E-state index >= 15 is 0 Å². The molecule has 0 aliphatic carbocycles. The SMILES string of the molecule is CNC(=O)CNCc1csc(=O)[nH]1. The number of aromatic nitrogens is 1. The summed E-state index contributed by atoms with van der Waals surface area (Å²) in [6.07, 6.45) is 0. The number of hydrogen-bond donors (Lipinski definition) is 3. The first-order chi connectivity index (χ1) is 6.22. The molecular weight excluding hydrogens is 190 g/mol. The molecule has 0 unspecified atom stereocenters. The second-order valence-electron chi connectivity index (χ2n) is 2.45. The standard InChI is InChI=1S/C7H11N3O2S/c1-8-6(11)3-9-2-5-4-13-7(12)10-5/h4,9H,2-3H2,1H3,(H,8,11)(H,10,12). The van der Waals surface area contributed by atoms with E-state index < -0.39 is 0 Å². The van der Waals surface area contributed by atoms with Gasteiger partial charge in [-0.2, -0.15) is 0 Å². The summed E-state index contributed by atoms with van der Waals surface area (Å²) < 4.78 is 0. The van der Waals surface area contributed by atoms with Gasteiger partial charge >= 0.3 is 4.87 Å². The molecule has 0 aromatic carbocycles. The molecule has 13 heavy (non-hydrogen) atoms. The topological polar surface area (TPSA) is 74.0 Å². The molecule has 0 bridgehead atoms. The van der Waals surface area contributed by atoms with Gasteiger partial charge in [0.2, 0.25) is 5.91 Å². The number of carbonyl (C=O) groups excluding carboxylic acids is 1. The highest BCUT2D eigenvalue weighted by molar-refractivity contribution is 7.07. The molecule has 1 amide bonds. The Morgan fingerprint density at radius 3 is 3.00 bits per heavy atom. The van der Waals surface area contributed by atoms with E-state index in [1.165, 1.54) is 0 Å². The fourth-order valence-electron chi connectivity index (χ4n) is 0.800. The van der Waals surface area contributed by atoms with E-state index in [0.29, 0.717) is 6.54 Å². The van der Waals surface area contributed by atoms with Crippen LogP contribution in [0, 0.1) is 0 Å². The molecule has 6 heteroatoms. The summed E-state index contributed by atoms with van der Waals surface area (Å²) in [4.78, 5) is 24.0. The number of thiazole rings is 1. The Balaban J connectivity index is 2.28. The average molecular weight is 201 g/mol. The minimum atomic E-state index is -0.0725. The maximum absolute atomic E-state index is 10.8. The van der Waals surface area contributed by atoms with Crippen molar-refractivity contribution in [2.45, 2.75) is 6.54 Å². The molecule has 1 heterocycles. The lowest BCUT2D eigenvalue weighted by Crippen LogP contribution is -2.31. The van der Waals surface area contributed by atoms with Crippen molar-refractivity contribution in [1.29, 1.82) is 0 Å². The Bertz CT molecular complexity index is 330. The van der Waals surface area contributed by atoms with Gasteiger partial charge in [0.25, 0.3) is 0 Å². The first-order valence-electron chi connectivity index (χ1n) is 3.80. The van der Waals surface area contributed by atoms with Crippen molar-refractivity contribution in [3.05, 3.63) is 20.7 Å². The molecule has 1 aromatic heterocycles. The monoisotopic (exact) mass is 201 g/mol. The molecule has 0 fully saturated rings. The molecule has 0 spiro atoms. The fraction of sp³-hybridized carbons (Fsp3) is 0.429. The van der Waals surface area contributed by atoms with Crippen molar-refractivity contribution < 1.29 is 4.79 Å². The van der Waals surface area contributed by atoms with Gasteiger partial charge < -0.3 is 15.6 Å². The second-order valence-corrected chi connectivity index (χ2v) is 3.29. The number of hydrogen-bond acceptors (Lipinski definition) is 4. The van der Waals surface area contributed by atoms with E-state index in [1.54, 1.807) is 12.4 Å². The van der Waals surface area contributed by atoms with Crippen LogP contribution in [0.15, 0.2) is 10.2 Å². The third-order valence-corrected chi connectivity index (χ3v) is 2.17. The van der Waals surface area contributed by atoms with Crippen molar-refractivity contribution >= 4 is 17.2 Å². The van der Waals surface area contributed by atoms with Crippen LogP contribution in [0.2, 0.25) is 0 Å². The van der Waals surface area contributed by atoms with E-state index in [0.717, 1.165) is 17.0 Å². The van der Waals surface area contributed by atoms with Crippen LogP contribution in [-0.2, 0) is 11.3 Å². The van der Waals surface area contributed by atoms with Gasteiger partial charge in [-0.05, 0) is 0 Å². The van der Waals surface area contributed by atoms with E-state index in [-0.39, 0.29) is 17.3 Å². The highest BCUT2D eigenvalue weighted by Gasteiger charge is 1.98. The Hall–Kier alpha value is -1.14. The maximum Gasteiger partial charge on any atom is 0.304 e. The largest absolute Gasteiger partial charge is 0.358 e. The summed E-state index contributed by atoms with van der Waals surface area (Å²) >= 11 is 1.12. The Kier molecular flexibility index (Phi) is 3.66. The van der Waals surface area contributed by atoms with Crippen LogP contribution < -0.4 is 15.5 Å². The smallest absolute Gasteiger partial charge is 0.304 e. The number of aromatic amines is 1. The Morgan fingerprint density at radius 1 is 1.69 bits per heavy atom.